The number of likely N-dealkylation sites (N-methyl/N-ethyl adjacent to an activating group) is 1. The summed E-state index contributed by atoms with van der Waals surface area (Å²) >= 11 is 1.37. The van der Waals surface area contributed by atoms with E-state index in [9.17, 15) is 4.79 Å². The first-order valence-electron chi connectivity index (χ1n) is 4.17. The van der Waals surface area contributed by atoms with Crippen LogP contribution in [0.1, 0.15) is 22.9 Å². The predicted octanol–water partition coefficient (Wildman–Crippen LogP) is 0.686. The fourth-order valence-electron chi connectivity index (χ4n) is 1.79. The average molecular weight is 184 g/mol. The van der Waals surface area contributed by atoms with Crippen molar-refractivity contribution in [1.82, 2.24) is 10.3 Å². The molecule has 3 nitrogen and oxygen atoms in total. The second kappa shape index (κ2) is 3.03. The molecule has 4 heteroatoms. The number of aromatic amines is 1. The summed E-state index contributed by atoms with van der Waals surface area (Å²) in [6, 6.07) is 0. The number of hydrogen-bond acceptors (Lipinski definition) is 3. The van der Waals surface area contributed by atoms with Gasteiger partial charge >= 0.3 is 4.87 Å². The maximum atomic E-state index is 11.0. The van der Waals surface area contributed by atoms with Gasteiger partial charge in [0.25, 0.3) is 0 Å². The quantitative estimate of drug-likeness (QED) is 0.710. The van der Waals surface area contributed by atoms with E-state index in [2.05, 4.69) is 10.3 Å². The summed E-state index contributed by atoms with van der Waals surface area (Å²) in [5.41, 5.74) is 1.18. The van der Waals surface area contributed by atoms with Crippen molar-refractivity contribution in [2.45, 2.75) is 18.8 Å². The smallest absolute Gasteiger partial charge is 0.304 e. The van der Waals surface area contributed by atoms with Gasteiger partial charge in [-0.25, -0.2) is 0 Å². The van der Waals surface area contributed by atoms with Gasteiger partial charge in [0.05, 0.1) is 0 Å². The van der Waals surface area contributed by atoms with E-state index in [1.54, 1.807) is 0 Å². The van der Waals surface area contributed by atoms with Crippen LogP contribution in [0.15, 0.2) is 4.79 Å². The highest BCUT2D eigenvalue weighted by atomic mass is 32.1. The molecule has 1 heterocycles. The summed E-state index contributed by atoms with van der Waals surface area (Å²) in [5, 5.41) is 3.14. The van der Waals surface area contributed by atoms with Crippen LogP contribution < -0.4 is 10.2 Å². The standard InChI is InChI=1S/C8H12N2OS/c1-9-4-5-2-3-6-7(5)10-8(11)12-6/h5,9H,2-4H2,1H3,(H,10,11). The van der Waals surface area contributed by atoms with Crippen molar-refractivity contribution in [2.75, 3.05) is 13.6 Å². The largest absolute Gasteiger partial charge is 0.319 e. The van der Waals surface area contributed by atoms with Crippen LogP contribution >= 0.6 is 11.3 Å². The van der Waals surface area contributed by atoms with E-state index < -0.39 is 0 Å². The number of thiazole rings is 1. The van der Waals surface area contributed by atoms with Crippen LogP contribution in [0.2, 0.25) is 0 Å². The minimum Gasteiger partial charge on any atom is -0.319 e. The molecule has 0 amide bonds. The highest BCUT2D eigenvalue weighted by molar-refractivity contribution is 7.09. The summed E-state index contributed by atoms with van der Waals surface area (Å²) in [5.74, 6) is 0.531. The maximum Gasteiger partial charge on any atom is 0.304 e. The van der Waals surface area contributed by atoms with Crippen LogP contribution in [-0.2, 0) is 6.42 Å². The molecule has 66 valence electrons. The summed E-state index contributed by atoms with van der Waals surface area (Å²) < 4.78 is 0. The molecule has 2 N–H and O–H groups in total. The summed E-state index contributed by atoms with van der Waals surface area (Å²) in [4.78, 5) is 15.3. The molecule has 0 saturated heterocycles. The Morgan fingerprint density at radius 1 is 1.75 bits per heavy atom. The second-order valence-electron chi connectivity index (χ2n) is 3.14. The van der Waals surface area contributed by atoms with Crippen molar-refractivity contribution in [2.24, 2.45) is 0 Å². The van der Waals surface area contributed by atoms with Crippen LogP contribution in [0.4, 0.5) is 0 Å². The molecule has 0 aromatic carbocycles. The molecule has 1 aromatic heterocycles. The van der Waals surface area contributed by atoms with Gasteiger partial charge in [-0.2, -0.15) is 0 Å². The van der Waals surface area contributed by atoms with E-state index in [0.717, 1.165) is 13.0 Å². The topological polar surface area (TPSA) is 44.9 Å². The molecule has 1 aromatic rings. The van der Waals surface area contributed by atoms with Crippen LogP contribution in [0.3, 0.4) is 0 Å². The highest BCUT2D eigenvalue weighted by Gasteiger charge is 2.24. The van der Waals surface area contributed by atoms with Gasteiger partial charge in [0.1, 0.15) is 0 Å². The first kappa shape index (κ1) is 8.01. The van der Waals surface area contributed by atoms with Crippen LogP contribution in [-0.4, -0.2) is 18.6 Å². The Bertz CT molecular complexity index is 328. The summed E-state index contributed by atoms with van der Waals surface area (Å²) in [6.45, 7) is 0.972. The van der Waals surface area contributed by atoms with Gasteiger partial charge in [-0.1, -0.05) is 11.3 Å². The lowest BCUT2D eigenvalue weighted by atomic mass is 10.1. The van der Waals surface area contributed by atoms with E-state index in [1.807, 2.05) is 7.05 Å². The Balaban J connectivity index is 2.28. The van der Waals surface area contributed by atoms with Crippen molar-refractivity contribution < 1.29 is 0 Å². The molecule has 0 saturated carbocycles. The zero-order valence-electron chi connectivity index (χ0n) is 7.02. The Kier molecular flexibility index (Phi) is 2.02. The van der Waals surface area contributed by atoms with E-state index in [0.29, 0.717) is 5.92 Å². The van der Waals surface area contributed by atoms with Gasteiger partial charge in [0.15, 0.2) is 0 Å². The van der Waals surface area contributed by atoms with Gasteiger partial charge in [-0.15, -0.1) is 0 Å². The molecule has 1 atom stereocenters. The minimum absolute atomic E-state index is 0.0980. The lowest BCUT2D eigenvalue weighted by Gasteiger charge is -2.06. The predicted molar refractivity (Wildman–Crippen MR) is 49.9 cm³/mol. The SMILES string of the molecule is CNCC1CCc2sc(=O)[nH]c21. The molecule has 12 heavy (non-hydrogen) atoms. The first-order valence-corrected chi connectivity index (χ1v) is 4.99. The van der Waals surface area contributed by atoms with E-state index in [-0.39, 0.29) is 4.87 Å². The van der Waals surface area contributed by atoms with Crippen molar-refractivity contribution >= 4 is 11.3 Å². The zero-order chi connectivity index (χ0) is 8.55. The number of rotatable bonds is 2. The van der Waals surface area contributed by atoms with E-state index in [1.165, 1.54) is 28.3 Å². The lowest BCUT2D eigenvalue weighted by molar-refractivity contribution is 0.612. The van der Waals surface area contributed by atoms with E-state index in [4.69, 9.17) is 0 Å². The maximum absolute atomic E-state index is 11.0. The third-order valence-electron chi connectivity index (χ3n) is 2.33. The Morgan fingerprint density at radius 2 is 2.58 bits per heavy atom. The van der Waals surface area contributed by atoms with Gasteiger partial charge in [-0.05, 0) is 19.9 Å². The van der Waals surface area contributed by atoms with E-state index >= 15 is 0 Å². The highest BCUT2D eigenvalue weighted by Crippen LogP contribution is 2.31. The molecular weight excluding hydrogens is 172 g/mol. The van der Waals surface area contributed by atoms with Crippen molar-refractivity contribution in [3.05, 3.63) is 20.2 Å². The summed E-state index contributed by atoms with van der Waals surface area (Å²) in [6.07, 6.45) is 2.25. The minimum atomic E-state index is 0.0980. The number of aryl methyl sites for hydroxylation is 1. The van der Waals surface area contributed by atoms with Gasteiger partial charge in [0, 0.05) is 23.0 Å². The van der Waals surface area contributed by atoms with Gasteiger partial charge in [0.2, 0.25) is 0 Å². The molecule has 0 aliphatic heterocycles. The Labute approximate surface area is 74.8 Å². The number of hydrogen-bond donors (Lipinski definition) is 2. The Morgan fingerprint density at radius 3 is 3.33 bits per heavy atom. The lowest BCUT2D eigenvalue weighted by Crippen LogP contribution is -2.16. The zero-order valence-corrected chi connectivity index (χ0v) is 7.83. The number of aromatic nitrogens is 1. The molecule has 0 spiro atoms. The Hall–Kier alpha value is -0.610. The van der Waals surface area contributed by atoms with Crippen molar-refractivity contribution in [3.63, 3.8) is 0 Å². The molecule has 0 fully saturated rings. The first-order chi connectivity index (χ1) is 5.81. The van der Waals surface area contributed by atoms with Crippen LogP contribution in [0.5, 0.6) is 0 Å². The fraction of sp³-hybridized carbons (Fsp3) is 0.625. The normalized spacial score (nSPS) is 21.2. The molecule has 2 rings (SSSR count). The monoisotopic (exact) mass is 184 g/mol. The third-order valence-corrected chi connectivity index (χ3v) is 3.29. The van der Waals surface area contributed by atoms with Crippen LogP contribution in [0.25, 0.3) is 0 Å². The molecule has 1 aliphatic rings. The number of nitrogens with one attached hydrogen (secondary N) is 2. The van der Waals surface area contributed by atoms with Crippen LogP contribution in [0, 0.1) is 0 Å². The molecular formula is C8H12N2OS. The fourth-order valence-corrected chi connectivity index (χ4v) is 2.72. The molecule has 0 radical (unpaired) electrons. The van der Waals surface area contributed by atoms with Gasteiger partial charge < -0.3 is 10.3 Å². The summed E-state index contributed by atoms with van der Waals surface area (Å²) in [7, 11) is 1.95. The third kappa shape index (κ3) is 1.21. The second-order valence-corrected chi connectivity index (χ2v) is 4.21. The number of H-pyrrole nitrogens is 1. The molecule has 0 bridgehead atoms. The van der Waals surface area contributed by atoms with Crippen molar-refractivity contribution in [3.8, 4) is 0 Å². The van der Waals surface area contributed by atoms with Crippen molar-refractivity contribution in [1.29, 1.82) is 0 Å². The van der Waals surface area contributed by atoms with Gasteiger partial charge in [-0.3, -0.25) is 4.79 Å². The number of fused-ring (bicyclic) bond motifs is 1. The average Bonchev–Trinajstić information content (AvgIpc) is 2.52. The molecule has 1 unspecified atom stereocenters. The molecule has 1 aliphatic carbocycles.